The van der Waals surface area contributed by atoms with Crippen molar-refractivity contribution in [3.05, 3.63) is 12.5 Å². The normalized spacial score (nSPS) is 17.8. The van der Waals surface area contributed by atoms with Gasteiger partial charge < -0.3 is 19.9 Å². The molecule has 0 bridgehead atoms. The van der Waals surface area contributed by atoms with Gasteiger partial charge in [0.25, 0.3) is 0 Å². The molecule has 0 spiro atoms. The van der Waals surface area contributed by atoms with Gasteiger partial charge in [-0.25, -0.2) is 9.97 Å². The van der Waals surface area contributed by atoms with Crippen LogP contribution in [0.5, 0.6) is 0 Å². The Labute approximate surface area is 147 Å². The summed E-state index contributed by atoms with van der Waals surface area (Å²) in [5.41, 5.74) is 0.776. The molecule has 0 unspecified atom stereocenters. The molecule has 0 radical (unpaired) electrons. The average molecular weight is 347 g/mol. The first-order valence-corrected chi connectivity index (χ1v) is 8.43. The van der Waals surface area contributed by atoms with Crippen LogP contribution in [-0.4, -0.2) is 88.4 Å². The molecule has 2 aromatic heterocycles. The fourth-order valence-corrected chi connectivity index (χ4v) is 3.01. The van der Waals surface area contributed by atoms with E-state index in [1.807, 2.05) is 19.0 Å². The Morgan fingerprint density at radius 2 is 2.24 bits per heavy atom. The Bertz CT molecular complexity index is 732. The summed E-state index contributed by atoms with van der Waals surface area (Å²) in [6.07, 6.45) is 3.75. The highest BCUT2D eigenvalue weighted by molar-refractivity contribution is 5.87. The van der Waals surface area contributed by atoms with Gasteiger partial charge in [0.15, 0.2) is 5.65 Å². The summed E-state index contributed by atoms with van der Waals surface area (Å²) in [6, 6.07) is 0.0510. The van der Waals surface area contributed by atoms with Gasteiger partial charge in [0.1, 0.15) is 12.1 Å². The number of aryl methyl sites for hydroxylation is 1. The molecule has 9 nitrogen and oxygen atoms in total. The molecule has 1 N–H and O–H groups in total. The number of nitrogens with one attached hydrogen (secondary N) is 1. The lowest BCUT2D eigenvalue weighted by molar-refractivity contribution is -0.127. The number of carbonyl (C=O) groups is 1. The standard InChI is InChI=1S/C16H25N7O2/c1-21(6-7-25-3)4-5-23-10-12(8-14(23)24)20-15-13-9-19-22(2)16(13)18-11-17-15/h9,11-12H,4-8,10H2,1-3H3,(H,17,18,20)/t12-/m1/s1. The average Bonchev–Trinajstić information content (AvgIpc) is 3.15. The maximum atomic E-state index is 12.3. The maximum absolute atomic E-state index is 12.3. The summed E-state index contributed by atoms with van der Waals surface area (Å²) in [6.45, 7) is 3.80. The predicted octanol–water partition coefficient (Wildman–Crippen LogP) is -0.0457. The number of rotatable bonds is 8. The van der Waals surface area contributed by atoms with E-state index in [4.69, 9.17) is 4.74 Å². The number of likely N-dealkylation sites (tertiary alicyclic amines) is 1. The summed E-state index contributed by atoms with van der Waals surface area (Å²) in [5, 5.41) is 8.46. The fraction of sp³-hybridized carbons (Fsp3) is 0.625. The van der Waals surface area contributed by atoms with Crippen LogP contribution in [0.4, 0.5) is 5.82 Å². The molecule has 1 amide bonds. The number of aromatic nitrogens is 4. The van der Waals surface area contributed by atoms with Crippen LogP contribution in [0.15, 0.2) is 12.5 Å². The molecule has 0 saturated carbocycles. The minimum Gasteiger partial charge on any atom is -0.383 e. The lowest BCUT2D eigenvalue weighted by atomic mass is 10.2. The Morgan fingerprint density at radius 3 is 3.04 bits per heavy atom. The molecule has 1 aliphatic rings. The highest BCUT2D eigenvalue weighted by atomic mass is 16.5. The SMILES string of the molecule is COCCN(C)CCN1C[C@H](Nc2ncnc3c2cnn3C)CC1=O. The van der Waals surface area contributed by atoms with Crippen molar-refractivity contribution in [1.82, 2.24) is 29.5 Å². The van der Waals surface area contributed by atoms with Gasteiger partial charge in [0.05, 0.1) is 24.2 Å². The summed E-state index contributed by atoms with van der Waals surface area (Å²) >= 11 is 0. The largest absolute Gasteiger partial charge is 0.383 e. The van der Waals surface area contributed by atoms with Gasteiger partial charge >= 0.3 is 0 Å². The quantitative estimate of drug-likeness (QED) is 0.716. The lowest BCUT2D eigenvalue weighted by Crippen LogP contribution is -2.36. The van der Waals surface area contributed by atoms with Crippen molar-refractivity contribution in [3.63, 3.8) is 0 Å². The van der Waals surface area contributed by atoms with E-state index in [2.05, 4.69) is 25.3 Å². The van der Waals surface area contributed by atoms with E-state index in [9.17, 15) is 4.79 Å². The molecule has 0 aliphatic carbocycles. The van der Waals surface area contributed by atoms with Crippen LogP contribution in [0.2, 0.25) is 0 Å². The summed E-state index contributed by atoms with van der Waals surface area (Å²) in [5.74, 6) is 0.907. The van der Waals surface area contributed by atoms with Crippen molar-refractivity contribution in [2.75, 3.05) is 52.3 Å². The molecular weight excluding hydrogens is 322 g/mol. The zero-order valence-electron chi connectivity index (χ0n) is 15.0. The first kappa shape index (κ1) is 17.6. The Kier molecular flexibility index (Phi) is 5.44. The first-order valence-electron chi connectivity index (χ1n) is 8.43. The molecule has 136 valence electrons. The zero-order chi connectivity index (χ0) is 17.8. The Morgan fingerprint density at radius 1 is 1.40 bits per heavy atom. The minimum absolute atomic E-state index is 0.0510. The van der Waals surface area contributed by atoms with E-state index in [0.29, 0.717) is 19.6 Å². The van der Waals surface area contributed by atoms with Crippen LogP contribution < -0.4 is 5.32 Å². The van der Waals surface area contributed by atoms with Gasteiger partial charge in [-0.3, -0.25) is 9.48 Å². The molecule has 3 heterocycles. The third kappa shape index (κ3) is 4.05. The number of fused-ring (bicyclic) bond motifs is 1. The van der Waals surface area contributed by atoms with Gasteiger partial charge in [0.2, 0.25) is 5.91 Å². The number of carbonyl (C=O) groups excluding carboxylic acids is 1. The Balaban J connectivity index is 1.57. The number of nitrogens with zero attached hydrogens (tertiary/aromatic N) is 6. The highest BCUT2D eigenvalue weighted by Crippen LogP contribution is 2.21. The van der Waals surface area contributed by atoms with E-state index in [1.165, 1.54) is 6.33 Å². The third-order valence-corrected chi connectivity index (χ3v) is 4.51. The van der Waals surface area contributed by atoms with Gasteiger partial charge in [0, 0.05) is 46.8 Å². The number of hydrogen-bond acceptors (Lipinski definition) is 7. The molecule has 1 saturated heterocycles. The summed E-state index contributed by atoms with van der Waals surface area (Å²) in [4.78, 5) is 24.9. The van der Waals surface area contributed by atoms with E-state index >= 15 is 0 Å². The van der Waals surface area contributed by atoms with Crippen LogP contribution >= 0.6 is 0 Å². The van der Waals surface area contributed by atoms with E-state index in [1.54, 1.807) is 18.0 Å². The second-order valence-electron chi connectivity index (χ2n) is 6.41. The predicted molar refractivity (Wildman–Crippen MR) is 94.3 cm³/mol. The van der Waals surface area contributed by atoms with Crippen molar-refractivity contribution < 1.29 is 9.53 Å². The van der Waals surface area contributed by atoms with E-state index in [-0.39, 0.29) is 11.9 Å². The summed E-state index contributed by atoms with van der Waals surface area (Å²) in [7, 11) is 5.58. The van der Waals surface area contributed by atoms with Crippen LogP contribution in [0.25, 0.3) is 11.0 Å². The van der Waals surface area contributed by atoms with Crippen LogP contribution in [-0.2, 0) is 16.6 Å². The van der Waals surface area contributed by atoms with Gasteiger partial charge in [-0.15, -0.1) is 0 Å². The van der Waals surface area contributed by atoms with Gasteiger partial charge in [-0.2, -0.15) is 5.10 Å². The molecule has 0 aromatic carbocycles. The minimum atomic E-state index is 0.0510. The number of ether oxygens (including phenoxy) is 1. The van der Waals surface area contributed by atoms with E-state index in [0.717, 1.165) is 36.5 Å². The first-order chi connectivity index (χ1) is 12.1. The Hall–Kier alpha value is -2.26. The second-order valence-corrected chi connectivity index (χ2v) is 6.41. The number of hydrogen-bond donors (Lipinski definition) is 1. The van der Waals surface area contributed by atoms with Crippen molar-refractivity contribution in [2.45, 2.75) is 12.5 Å². The smallest absolute Gasteiger partial charge is 0.224 e. The lowest BCUT2D eigenvalue weighted by Gasteiger charge is -2.22. The van der Waals surface area contributed by atoms with Crippen LogP contribution in [0.3, 0.4) is 0 Å². The number of likely N-dealkylation sites (N-methyl/N-ethyl adjacent to an activating group) is 1. The molecular formula is C16H25N7O2. The number of anilines is 1. The molecule has 1 aliphatic heterocycles. The number of methoxy groups -OCH3 is 1. The van der Waals surface area contributed by atoms with E-state index < -0.39 is 0 Å². The topological polar surface area (TPSA) is 88.4 Å². The molecule has 2 aromatic rings. The molecule has 25 heavy (non-hydrogen) atoms. The zero-order valence-corrected chi connectivity index (χ0v) is 15.0. The van der Waals surface area contributed by atoms with Gasteiger partial charge in [-0.05, 0) is 7.05 Å². The monoisotopic (exact) mass is 347 g/mol. The molecule has 1 atom stereocenters. The van der Waals surface area contributed by atoms with Gasteiger partial charge in [-0.1, -0.05) is 0 Å². The molecule has 9 heteroatoms. The molecule has 1 fully saturated rings. The number of amides is 1. The molecule has 3 rings (SSSR count). The summed E-state index contributed by atoms with van der Waals surface area (Å²) < 4.78 is 6.79. The van der Waals surface area contributed by atoms with Crippen LogP contribution in [0.1, 0.15) is 6.42 Å². The van der Waals surface area contributed by atoms with Crippen molar-refractivity contribution in [3.8, 4) is 0 Å². The van der Waals surface area contributed by atoms with Crippen LogP contribution in [0, 0.1) is 0 Å². The second kappa shape index (κ2) is 7.75. The van der Waals surface area contributed by atoms with Crippen molar-refractivity contribution in [1.29, 1.82) is 0 Å². The highest BCUT2D eigenvalue weighted by Gasteiger charge is 2.30. The van der Waals surface area contributed by atoms with Crippen molar-refractivity contribution >= 4 is 22.8 Å². The van der Waals surface area contributed by atoms with Crippen molar-refractivity contribution in [2.24, 2.45) is 7.05 Å². The maximum Gasteiger partial charge on any atom is 0.224 e. The fourth-order valence-electron chi connectivity index (χ4n) is 3.01. The third-order valence-electron chi connectivity index (χ3n) is 4.51.